The van der Waals surface area contributed by atoms with Crippen molar-refractivity contribution in [2.45, 2.75) is 26.2 Å². The van der Waals surface area contributed by atoms with Crippen molar-refractivity contribution in [1.82, 2.24) is 10.3 Å². The van der Waals surface area contributed by atoms with E-state index in [4.69, 9.17) is 0 Å². The van der Waals surface area contributed by atoms with Crippen LogP contribution in [0, 0.1) is 18.3 Å². The third-order valence-corrected chi connectivity index (χ3v) is 4.45. The van der Waals surface area contributed by atoms with Crippen LogP contribution in [-0.2, 0) is 11.2 Å². The van der Waals surface area contributed by atoms with Gasteiger partial charge in [0.25, 0.3) is 0 Å². The number of fused-ring (bicyclic) bond motifs is 1. The summed E-state index contributed by atoms with van der Waals surface area (Å²) >= 11 is 1.67. The highest BCUT2D eigenvalue weighted by Gasteiger charge is 2.74. The Balaban J connectivity index is 1.45. The number of aryl methyl sites for hydroxylation is 1. The van der Waals surface area contributed by atoms with Crippen LogP contribution in [0.1, 0.15) is 23.5 Å². The minimum atomic E-state index is 0.110. The van der Waals surface area contributed by atoms with Gasteiger partial charge in [-0.25, -0.2) is 4.98 Å². The number of carbonyl (C=O) groups is 1. The fourth-order valence-corrected chi connectivity index (χ4v) is 2.82. The second kappa shape index (κ2) is 3.04. The number of hydrogen-bond donors (Lipinski definition) is 1. The van der Waals surface area contributed by atoms with Crippen molar-refractivity contribution in [2.75, 3.05) is 6.54 Å². The molecule has 80 valence electrons. The Morgan fingerprint density at radius 2 is 2.47 bits per heavy atom. The predicted molar refractivity (Wildman–Crippen MR) is 58.7 cm³/mol. The van der Waals surface area contributed by atoms with Crippen molar-refractivity contribution in [2.24, 2.45) is 11.3 Å². The van der Waals surface area contributed by atoms with E-state index in [-0.39, 0.29) is 11.3 Å². The number of nitrogens with zero attached hydrogens (tertiary/aromatic N) is 1. The number of nitrogens with one attached hydrogen (secondary N) is 1. The van der Waals surface area contributed by atoms with Crippen molar-refractivity contribution >= 4 is 17.2 Å². The zero-order chi connectivity index (χ0) is 10.5. The van der Waals surface area contributed by atoms with Gasteiger partial charge in [0, 0.05) is 24.0 Å². The van der Waals surface area contributed by atoms with Crippen LogP contribution in [0.15, 0.2) is 5.38 Å². The molecule has 0 saturated heterocycles. The monoisotopic (exact) mass is 222 g/mol. The first-order valence-corrected chi connectivity index (χ1v) is 6.28. The van der Waals surface area contributed by atoms with Crippen molar-refractivity contribution in [3.05, 3.63) is 16.1 Å². The molecule has 3 nitrogen and oxygen atoms in total. The summed E-state index contributed by atoms with van der Waals surface area (Å²) in [6.45, 7) is 2.73. The number of carbonyl (C=O) groups excluding carboxylic acids is 1. The van der Waals surface area contributed by atoms with Crippen LogP contribution in [-0.4, -0.2) is 17.4 Å². The molecule has 15 heavy (non-hydrogen) atoms. The summed E-state index contributed by atoms with van der Waals surface area (Å²) in [5.74, 6) is 1.01. The molecule has 0 aliphatic heterocycles. The Morgan fingerprint density at radius 3 is 3.00 bits per heavy atom. The molecule has 0 unspecified atom stereocenters. The third kappa shape index (κ3) is 1.57. The van der Waals surface area contributed by atoms with E-state index in [1.54, 1.807) is 11.3 Å². The molecule has 3 rings (SSSR count). The normalized spacial score (nSPS) is 30.9. The van der Waals surface area contributed by atoms with Crippen LogP contribution in [0.3, 0.4) is 0 Å². The highest BCUT2D eigenvalue weighted by molar-refractivity contribution is 7.09. The van der Waals surface area contributed by atoms with Crippen LogP contribution in [0.2, 0.25) is 0 Å². The van der Waals surface area contributed by atoms with E-state index < -0.39 is 0 Å². The Labute approximate surface area is 92.9 Å². The minimum absolute atomic E-state index is 0.110. The molecule has 2 saturated carbocycles. The summed E-state index contributed by atoms with van der Waals surface area (Å²) in [6, 6.07) is 0. The molecule has 2 fully saturated rings. The van der Waals surface area contributed by atoms with E-state index in [9.17, 15) is 4.79 Å². The van der Waals surface area contributed by atoms with Crippen molar-refractivity contribution < 1.29 is 4.79 Å². The van der Waals surface area contributed by atoms with Crippen LogP contribution in [0.25, 0.3) is 0 Å². The minimum Gasteiger partial charge on any atom is -0.355 e. The summed E-state index contributed by atoms with van der Waals surface area (Å²) in [5, 5.41) is 6.18. The molecule has 2 aliphatic carbocycles. The van der Waals surface area contributed by atoms with Crippen molar-refractivity contribution in [3.8, 4) is 0 Å². The predicted octanol–water partition coefficient (Wildman–Crippen LogP) is 1.52. The fraction of sp³-hybridized carbons (Fsp3) is 0.636. The molecule has 0 radical (unpaired) electrons. The summed E-state index contributed by atoms with van der Waals surface area (Å²) in [6.07, 6.45) is 3.13. The maximum Gasteiger partial charge on any atom is 0.226 e. The lowest BCUT2D eigenvalue weighted by Gasteiger charge is -2.05. The Hall–Kier alpha value is -0.900. The van der Waals surface area contributed by atoms with Gasteiger partial charge in [-0.2, -0.15) is 0 Å². The van der Waals surface area contributed by atoms with Crippen molar-refractivity contribution in [3.63, 3.8) is 0 Å². The maximum absolute atomic E-state index is 11.6. The largest absolute Gasteiger partial charge is 0.355 e. The Morgan fingerprint density at radius 1 is 1.73 bits per heavy atom. The topological polar surface area (TPSA) is 42.0 Å². The third-order valence-electron chi connectivity index (χ3n) is 3.43. The van der Waals surface area contributed by atoms with Gasteiger partial charge < -0.3 is 5.32 Å². The van der Waals surface area contributed by atoms with Gasteiger partial charge in [-0.3, -0.25) is 4.79 Å². The second-order valence-corrected chi connectivity index (χ2v) is 5.59. The SMILES string of the molecule is Cc1csc(CCNC(=O)C23CC2C3)n1. The maximum atomic E-state index is 11.6. The average Bonchev–Trinajstić information content (AvgIpc) is 2.99. The quantitative estimate of drug-likeness (QED) is 0.839. The summed E-state index contributed by atoms with van der Waals surface area (Å²) < 4.78 is 0. The van der Waals surface area contributed by atoms with Gasteiger partial charge in [-0.15, -0.1) is 11.3 Å². The molecule has 0 atom stereocenters. The molecule has 0 bridgehead atoms. The average molecular weight is 222 g/mol. The van der Waals surface area contributed by atoms with E-state index in [0.717, 1.165) is 42.4 Å². The Bertz CT molecular complexity index is 406. The van der Waals surface area contributed by atoms with Gasteiger partial charge in [-0.1, -0.05) is 0 Å². The van der Waals surface area contributed by atoms with Gasteiger partial charge in [-0.05, 0) is 25.7 Å². The van der Waals surface area contributed by atoms with E-state index in [2.05, 4.69) is 10.3 Å². The van der Waals surface area contributed by atoms with Gasteiger partial charge in [0.2, 0.25) is 5.91 Å². The number of aromatic nitrogens is 1. The second-order valence-electron chi connectivity index (χ2n) is 4.65. The van der Waals surface area contributed by atoms with Gasteiger partial charge in [0.1, 0.15) is 0 Å². The van der Waals surface area contributed by atoms with Gasteiger partial charge in [0.15, 0.2) is 0 Å². The molecule has 1 heterocycles. The van der Waals surface area contributed by atoms with Crippen LogP contribution in [0.4, 0.5) is 0 Å². The molecule has 1 aromatic heterocycles. The number of thiazole rings is 1. The van der Waals surface area contributed by atoms with Crippen LogP contribution < -0.4 is 5.32 Å². The van der Waals surface area contributed by atoms with E-state index in [1.165, 1.54) is 0 Å². The van der Waals surface area contributed by atoms with Gasteiger partial charge >= 0.3 is 0 Å². The smallest absolute Gasteiger partial charge is 0.226 e. The number of rotatable bonds is 4. The highest BCUT2D eigenvalue weighted by Crippen LogP contribution is 2.75. The molecule has 0 spiro atoms. The Kier molecular flexibility index (Phi) is 1.89. The molecule has 1 amide bonds. The zero-order valence-electron chi connectivity index (χ0n) is 8.75. The highest BCUT2D eigenvalue weighted by atomic mass is 32.1. The standard InChI is InChI=1S/C11H14N2OS/c1-7-6-15-9(13-7)2-3-12-10(14)11-4-8(11)5-11/h6,8H,2-5H2,1H3,(H,12,14). The van der Waals surface area contributed by atoms with E-state index in [1.807, 2.05) is 12.3 Å². The van der Waals surface area contributed by atoms with Crippen LogP contribution in [0.5, 0.6) is 0 Å². The molecular weight excluding hydrogens is 208 g/mol. The number of amides is 1. The number of hydrogen-bond acceptors (Lipinski definition) is 3. The molecule has 1 N–H and O–H groups in total. The summed E-state index contributed by atoms with van der Waals surface area (Å²) in [5.41, 5.74) is 1.18. The molecule has 0 aromatic carbocycles. The first-order chi connectivity index (χ1) is 7.21. The van der Waals surface area contributed by atoms with E-state index in [0.29, 0.717) is 0 Å². The van der Waals surface area contributed by atoms with Crippen molar-refractivity contribution in [1.29, 1.82) is 0 Å². The summed E-state index contributed by atoms with van der Waals surface area (Å²) in [4.78, 5) is 16.0. The first kappa shape index (κ1) is 9.33. The fourth-order valence-electron chi connectivity index (χ4n) is 2.05. The summed E-state index contributed by atoms with van der Waals surface area (Å²) in [7, 11) is 0. The lowest BCUT2D eigenvalue weighted by molar-refractivity contribution is -0.124. The zero-order valence-corrected chi connectivity index (χ0v) is 9.56. The molecule has 1 aromatic rings. The molecule has 4 heteroatoms. The van der Waals surface area contributed by atoms with Crippen LogP contribution >= 0.6 is 11.3 Å². The lowest BCUT2D eigenvalue weighted by atomic mass is 10.2. The van der Waals surface area contributed by atoms with Gasteiger partial charge in [0.05, 0.1) is 10.4 Å². The lowest BCUT2D eigenvalue weighted by Crippen LogP contribution is -2.29. The first-order valence-electron chi connectivity index (χ1n) is 5.40. The molecule has 2 aliphatic rings. The van der Waals surface area contributed by atoms with E-state index >= 15 is 0 Å². The molecular formula is C11H14N2OS.